The van der Waals surface area contributed by atoms with E-state index >= 15 is 0 Å². The molecule has 2 rings (SSSR count). The van der Waals surface area contributed by atoms with Crippen molar-refractivity contribution < 1.29 is 12.8 Å². The van der Waals surface area contributed by atoms with Crippen molar-refractivity contribution in [3.05, 3.63) is 23.5 Å². The number of nitrogens with one attached hydrogen (secondary N) is 1. The fourth-order valence-electron chi connectivity index (χ4n) is 2.75. The zero-order valence-electron chi connectivity index (χ0n) is 12.6. The number of nitrogens with two attached hydrogens (primary N) is 1. The minimum atomic E-state index is -3.98. The molecule has 1 aromatic carbocycles. The molecule has 1 aliphatic heterocycles. The summed E-state index contributed by atoms with van der Waals surface area (Å²) in [6, 6.07) is 2.73. The van der Waals surface area contributed by atoms with Gasteiger partial charge in [0.1, 0.15) is 10.7 Å². The van der Waals surface area contributed by atoms with Crippen LogP contribution in [0.2, 0.25) is 0 Å². The fraction of sp³-hybridized carbons (Fsp3) is 0.571. The number of nitrogens with zero attached hydrogens (tertiary/aromatic N) is 1. The van der Waals surface area contributed by atoms with Gasteiger partial charge in [0.15, 0.2) is 0 Å². The monoisotopic (exact) mass is 315 g/mol. The van der Waals surface area contributed by atoms with Crippen LogP contribution < -0.4 is 10.6 Å². The standard InChI is InChI=1S/C14H22FN3O2S/c1-9-7-12(16)8-13(14(9)15)21(19,20)17-18-10(2)5-4-6-11(18)3/h7-8,10-11,17H,4-6,16H2,1-3H3. The highest BCUT2D eigenvalue weighted by atomic mass is 32.2. The van der Waals surface area contributed by atoms with Crippen LogP contribution in [0, 0.1) is 12.7 Å². The molecule has 1 heterocycles. The van der Waals surface area contributed by atoms with Gasteiger partial charge < -0.3 is 5.73 Å². The van der Waals surface area contributed by atoms with Gasteiger partial charge in [0.05, 0.1) is 0 Å². The number of hydrazine groups is 1. The van der Waals surface area contributed by atoms with Crippen LogP contribution in [-0.4, -0.2) is 25.5 Å². The number of nitrogen functional groups attached to an aromatic ring is 1. The molecule has 0 radical (unpaired) electrons. The van der Waals surface area contributed by atoms with Crippen molar-refractivity contribution >= 4 is 15.7 Å². The van der Waals surface area contributed by atoms with E-state index in [1.807, 2.05) is 13.8 Å². The number of rotatable bonds is 3. The van der Waals surface area contributed by atoms with Gasteiger partial charge >= 0.3 is 0 Å². The second-order valence-electron chi connectivity index (χ2n) is 5.78. The van der Waals surface area contributed by atoms with Crippen molar-refractivity contribution in [1.82, 2.24) is 9.84 Å². The molecule has 118 valence electrons. The number of hydrogen-bond donors (Lipinski definition) is 2. The smallest absolute Gasteiger partial charge is 0.256 e. The van der Waals surface area contributed by atoms with Gasteiger partial charge in [-0.1, -0.05) is 6.42 Å². The quantitative estimate of drug-likeness (QED) is 0.838. The third kappa shape index (κ3) is 3.36. The molecule has 5 nitrogen and oxygen atoms in total. The van der Waals surface area contributed by atoms with Crippen molar-refractivity contribution in [1.29, 1.82) is 0 Å². The Kier molecular flexibility index (Phi) is 4.55. The van der Waals surface area contributed by atoms with Gasteiger partial charge in [-0.25, -0.2) is 17.8 Å². The zero-order valence-corrected chi connectivity index (χ0v) is 13.4. The lowest BCUT2D eigenvalue weighted by atomic mass is 10.0. The van der Waals surface area contributed by atoms with E-state index in [1.165, 1.54) is 13.0 Å². The molecule has 0 amide bonds. The van der Waals surface area contributed by atoms with E-state index in [-0.39, 0.29) is 23.3 Å². The Bertz CT molecular complexity index is 623. The van der Waals surface area contributed by atoms with Gasteiger partial charge in [-0.15, -0.1) is 4.83 Å². The van der Waals surface area contributed by atoms with E-state index in [0.717, 1.165) is 25.3 Å². The van der Waals surface area contributed by atoms with Gasteiger partial charge in [-0.2, -0.15) is 0 Å². The Balaban J connectivity index is 2.34. The van der Waals surface area contributed by atoms with E-state index in [2.05, 4.69) is 4.83 Å². The number of benzene rings is 1. The average molecular weight is 315 g/mol. The largest absolute Gasteiger partial charge is 0.399 e. The van der Waals surface area contributed by atoms with E-state index in [9.17, 15) is 12.8 Å². The third-order valence-corrected chi connectivity index (χ3v) is 5.28. The highest BCUT2D eigenvalue weighted by Crippen LogP contribution is 2.25. The summed E-state index contributed by atoms with van der Waals surface area (Å²) in [6.45, 7) is 5.41. The average Bonchev–Trinajstić information content (AvgIpc) is 2.38. The summed E-state index contributed by atoms with van der Waals surface area (Å²) in [5.41, 5.74) is 6.09. The van der Waals surface area contributed by atoms with Gasteiger partial charge in [-0.05, 0) is 51.3 Å². The number of halogens is 1. The van der Waals surface area contributed by atoms with Crippen molar-refractivity contribution in [2.24, 2.45) is 0 Å². The number of hydrogen-bond acceptors (Lipinski definition) is 4. The molecule has 0 bridgehead atoms. The summed E-state index contributed by atoms with van der Waals surface area (Å²) in [6.07, 6.45) is 2.88. The summed E-state index contributed by atoms with van der Waals surface area (Å²) >= 11 is 0. The summed E-state index contributed by atoms with van der Waals surface area (Å²) in [5.74, 6) is -0.756. The molecule has 0 aliphatic carbocycles. The Morgan fingerprint density at radius 3 is 2.43 bits per heavy atom. The normalized spacial score (nSPS) is 24.2. The third-order valence-electron chi connectivity index (χ3n) is 3.95. The van der Waals surface area contributed by atoms with Crippen molar-refractivity contribution in [3.8, 4) is 0 Å². The molecule has 21 heavy (non-hydrogen) atoms. The minimum Gasteiger partial charge on any atom is -0.399 e. The molecule has 1 fully saturated rings. The van der Waals surface area contributed by atoms with Crippen LogP contribution in [0.5, 0.6) is 0 Å². The van der Waals surface area contributed by atoms with Crippen LogP contribution in [0.25, 0.3) is 0 Å². The lowest BCUT2D eigenvalue weighted by molar-refractivity contribution is 0.0789. The summed E-state index contributed by atoms with van der Waals surface area (Å²) in [7, 11) is -3.98. The SMILES string of the molecule is Cc1cc(N)cc(S(=O)(=O)NN2C(C)CCCC2C)c1F. The summed E-state index contributed by atoms with van der Waals surface area (Å²) in [5, 5.41) is 1.69. The zero-order chi connectivity index (χ0) is 15.8. The number of anilines is 1. The lowest BCUT2D eigenvalue weighted by Gasteiger charge is -2.38. The topological polar surface area (TPSA) is 75.4 Å². The molecule has 1 aliphatic rings. The molecule has 2 atom stereocenters. The van der Waals surface area contributed by atoms with Gasteiger partial charge in [-0.3, -0.25) is 0 Å². The first kappa shape index (κ1) is 16.2. The first-order chi connectivity index (χ1) is 9.72. The maximum Gasteiger partial charge on any atom is 0.256 e. The molecule has 0 saturated carbocycles. The van der Waals surface area contributed by atoms with E-state index in [1.54, 1.807) is 5.01 Å². The van der Waals surface area contributed by atoms with Crippen LogP contribution in [0.1, 0.15) is 38.7 Å². The van der Waals surface area contributed by atoms with E-state index < -0.39 is 20.7 Å². The van der Waals surface area contributed by atoms with Crippen LogP contribution in [0.4, 0.5) is 10.1 Å². The van der Waals surface area contributed by atoms with Crippen LogP contribution in [0.15, 0.2) is 17.0 Å². The Hall–Kier alpha value is -1.18. The van der Waals surface area contributed by atoms with Crippen LogP contribution >= 0.6 is 0 Å². The molecule has 0 aromatic heterocycles. The van der Waals surface area contributed by atoms with Crippen molar-refractivity contribution in [2.75, 3.05) is 5.73 Å². The summed E-state index contributed by atoms with van der Waals surface area (Å²) < 4.78 is 39.1. The molecular weight excluding hydrogens is 293 g/mol. The maximum absolute atomic E-state index is 14.1. The highest BCUT2D eigenvalue weighted by Gasteiger charge is 2.30. The second-order valence-corrected chi connectivity index (χ2v) is 7.41. The Labute approximate surface area is 125 Å². The van der Waals surface area contributed by atoms with Crippen molar-refractivity contribution in [3.63, 3.8) is 0 Å². The molecule has 7 heteroatoms. The van der Waals surface area contributed by atoms with Crippen molar-refractivity contribution in [2.45, 2.75) is 57.0 Å². The van der Waals surface area contributed by atoms with Gasteiger partial charge in [0.25, 0.3) is 10.0 Å². The number of aryl methyl sites for hydroxylation is 1. The Morgan fingerprint density at radius 2 is 1.86 bits per heavy atom. The predicted molar refractivity (Wildman–Crippen MR) is 80.5 cm³/mol. The fourth-order valence-corrected chi connectivity index (χ4v) is 4.17. The highest BCUT2D eigenvalue weighted by molar-refractivity contribution is 7.89. The van der Waals surface area contributed by atoms with Gasteiger partial charge in [0, 0.05) is 17.8 Å². The second kappa shape index (κ2) is 5.90. The first-order valence-corrected chi connectivity index (χ1v) is 8.57. The molecule has 0 spiro atoms. The van der Waals surface area contributed by atoms with E-state index in [4.69, 9.17) is 5.73 Å². The molecule has 1 aromatic rings. The lowest BCUT2D eigenvalue weighted by Crippen LogP contribution is -2.54. The first-order valence-electron chi connectivity index (χ1n) is 7.09. The van der Waals surface area contributed by atoms with Crippen LogP contribution in [0.3, 0.4) is 0 Å². The number of piperidine rings is 1. The predicted octanol–water partition coefficient (Wildman–Crippen LogP) is 2.17. The summed E-state index contributed by atoms with van der Waals surface area (Å²) in [4.78, 5) is 2.12. The van der Waals surface area contributed by atoms with Crippen LogP contribution in [-0.2, 0) is 10.0 Å². The minimum absolute atomic E-state index is 0.0775. The Morgan fingerprint density at radius 1 is 1.29 bits per heavy atom. The van der Waals surface area contributed by atoms with E-state index in [0.29, 0.717) is 0 Å². The molecule has 1 saturated heterocycles. The maximum atomic E-state index is 14.1. The molecular formula is C14H22FN3O2S. The van der Waals surface area contributed by atoms with Gasteiger partial charge in [0.2, 0.25) is 0 Å². The molecule has 2 unspecified atom stereocenters. The number of sulfonamides is 1. The molecule has 3 N–H and O–H groups in total.